The van der Waals surface area contributed by atoms with Crippen LogP contribution in [0.5, 0.6) is 0 Å². The molecule has 1 N–H and O–H groups in total. The third kappa shape index (κ3) is 3.13. The van der Waals surface area contributed by atoms with Crippen LogP contribution >= 0.6 is 27.5 Å². The van der Waals surface area contributed by atoms with Crippen molar-refractivity contribution < 1.29 is 0 Å². The van der Waals surface area contributed by atoms with Gasteiger partial charge in [-0.1, -0.05) is 47.4 Å². The van der Waals surface area contributed by atoms with Crippen molar-refractivity contribution in [3.05, 3.63) is 44.8 Å². The zero-order chi connectivity index (χ0) is 14.9. The topological polar surface area (TPSA) is 37.8 Å². The monoisotopic (exact) mass is 353 g/mol. The van der Waals surface area contributed by atoms with Crippen LogP contribution in [-0.2, 0) is 0 Å². The molecule has 106 valence electrons. The first kappa shape index (κ1) is 15.3. The second kappa shape index (κ2) is 6.10. The maximum atomic E-state index is 6.20. The molecule has 0 saturated heterocycles. The summed E-state index contributed by atoms with van der Waals surface area (Å²) in [6, 6.07) is 6.02. The van der Waals surface area contributed by atoms with Crippen molar-refractivity contribution in [1.82, 2.24) is 9.97 Å². The number of anilines is 2. The van der Waals surface area contributed by atoms with Gasteiger partial charge in [-0.15, -0.1) is 0 Å². The molecule has 0 aliphatic carbocycles. The summed E-state index contributed by atoms with van der Waals surface area (Å²) in [6.07, 6.45) is 0. The fourth-order valence-electron chi connectivity index (χ4n) is 1.76. The highest BCUT2D eigenvalue weighted by Gasteiger charge is 2.13. The number of rotatable bonds is 3. The highest BCUT2D eigenvalue weighted by atomic mass is 79.9. The van der Waals surface area contributed by atoms with E-state index in [1.807, 2.05) is 32.0 Å². The Balaban J connectivity index is 2.45. The largest absolute Gasteiger partial charge is 0.340 e. The minimum Gasteiger partial charge on any atom is -0.340 e. The van der Waals surface area contributed by atoms with E-state index in [-0.39, 0.29) is 5.92 Å². The van der Waals surface area contributed by atoms with Crippen LogP contribution in [-0.4, -0.2) is 9.97 Å². The molecule has 2 aromatic rings. The first-order chi connectivity index (χ1) is 9.40. The van der Waals surface area contributed by atoms with Gasteiger partial charge >= 0.3 is 0 Å². The fraction of sp³-hybridized carbons (Fsp3) is 0.333. The predicted molar refractivity (Wildman–Crippen MR) is 88.0 cm³/mol. The lowest BCUT2D eigenvalue weighted by atomic mass is 10.2. The van der Waals surface area contributed by atoms with Gasteiger partial charge in [0.25, 0.3) is 0 Å². The third-order valence-corrected chi connectivity index (χ3v) is 4.37. The molecule has 0 fully saturated rings. The van der Waals surface area contributed by atoms with E-state index in [0.717, 1.165) is 32.9 Å². The van der Waals surface area contributed by atoms with Gasteiger partial charge in [0.05, 0.1) is 0 Å². The van der Waals surface area contributed by atoms with Crippen molar-refractivity contribution in [3.63, 3.8) is 0 Å². The van der Waals surface area contributed by atoms with E-state index < -0.39 is 0 Å². The summed E-state index contributed by atoms with van der Waals surface area (Å²) < 4.78 is 1.06. The summed E-state index contributed by atoms with van der Waals surface area (Å²) in [7, 11) is 0. The fourth-order valence-corrected chi connectivity index (χ4v) is 2.30. The SMILES string of the molecule is Cc1c(Br)cccc1Nc1nc(C(C)C)nc(Cl)c1C. The minimum atomic E-state index is 0.234. The molecule has 0 amide bonds. The van der Waals surface area contributed by atoms with Crippen molar-refractivity contribution in [3.8, 4) is 0 Å². The molecule has 0 bridgehead atoms. The number of nitrogens with zero attached hydrogens (tertiary/aromatic N) is 2. The lowest BCUT2D eigenvalue weighted by Gasteiger charge is -2.15. The number of aromatic nitrogens is 2. The number of hydrogen-bond donors (Lipinski definition) is 1. The molecule has 1 aromatic heterocycles. The van der Waals surface area contributed by atoms with Crippen LogP contribution in [0.25, 0.3) is 0 Å². The molecule has 0 radical (unpaired) electrons. The van der Waals surface area contributed by atoms with Crippen LogP contribution in [0.3, 0.4) is 0 Å². The molecule has 0 spiro atoms. The van der Waals surface area contributed by atoms with Crippen molar-refractivity contribution in [1.29, 1.82) is 0 Å². The average molecular weight is 355 g/mol. The molecule has 3 nitrogen and oxygen atoms in total. The van der Waals surface area contributed by atoms with Crippen LogP contribution < -0.4 is 5.32 Å². The van der Waals surface area contributed by atoms with E-state index in [4.69, 9.17) is 11.6 Å². The summed E-state index contributed by atoms with van der Waals surface area (Å²) >= 11 is 9.73. The standard InChI is InChI=1S/C15H17BrClN3/c1-8(2)14-19-13(17)10(4)15(20-14)18-12-7-5-6-11(16)9(12)3/h5-8H,1-4H3,(H,18,19,20). The summed E-state index contributed by atoms with van der Waals surface area (Å²) in [5.74, 6) is 1.74. The molecule has 0 aliphatic rings. The van der Waals surface area contributed by atoms with Crippen LogP contribution in [0.15, 0.2) is 22.7 Å². The maximum absolute atomic E-state index is 6.20. The van der Waals surface area contributed by atoms with Gasteiger partial charge in [0.15, 0.2) is 0 Å². The van der Waals surface area contributed by atoms with E-state index in [1.54, 1.807) is 0 Å². The second-order valence-corrected chi connectivity index (χ2v) is 6.25. The maximum Gasteiger partial charge on any atom is 0.138 e. The van der Waals surface area contributed by atoms with E-state index in [2.05, 4.69) is 45.1 Å². The smallest absolute Gasteiger partial charge is 0.138 e. The minimum absolute atomic E-state index is 0.234. The number of nitrogens with one attached hydrogen (secondary N) is 1. The molecule has 0 unspecified atom stereocenters. The second-order valence-electron chi connectivity index (χ2n) is 5.04. The third-order valence-electron chi connectivity index (χ3n) is 3.14. The highest BCUT2D eigenvalue weighted by molar-refractivity contribution is 9.10. The predicted octanol–water partition coefficient (Wildman–Crippen LogP) is 5.38. The van der Waals surface area contributed by atoms with Crippen molar-refractivity contribution >= 4 is 39.0 Å². The first-order valence-electron chi connectivity index (χ1n) is 6.46. The molecule has 0 aliphatic heterocycles. The van der Waals surface area contributed by atoms with Gasteiger partial charge in [0, 0.05) is 21.6 Å². The van der Waals surface area contributed by atoms with Crippen LogP contribution in [0.2, 0.25) is 5.15 Å². The average Bonchev–Trinajstić information content (AvgIpc) is 2.39. The highest BCUT2D eigenvalue weighted by Crippen LogP contribution is 2.29. The van der Waals surface area contributed by atoms with Crippen LogP contribution in [0, 0.1) is 13.8 Å². The van der Waals surface area contributed by atoms with Gasteiger partial charge < -0.3 is 5.32 Å². The molecular formula is C15H17BrClN3. The zero-order valence-electron chi connectivity index (χ0n) is 12.0. The van der Waals surface area contributed by atoms with E-state index in [1.165, 1.54) is 0 Å². The Morgan fingerprint density at radius 3 is 2.50 bits per heavy atom. The number of benzene rings is 1. The zero-order valence-corrected chi connectivity index (χ0v) is 14.3. The lowest BCUT2D eigenvalue weighted by Crippen LogP contribution is -2.05. The van der Waals surface area contributed by atoms with Gasteiger partial charge in [-0.05, 0) is 31.5 Å². The number of hydrogen-bond acceptors (Lipinski definition) is 3. The first-order valence-corrected chi connectivity index (χ1v) is 7.63. The van der Waals surface area contributed by atoms with Crippen LogP contribution in [0.4, 0.5) is 11.5 Å². The quantitative estimate of drug-likeness (QED) is 0.752. The van der Waals surface area contributed by atoms with Crippen molar-refractivity contribution in [2.24, 2.45) is 0 Å². The Labute approximate surface area is 132 Å². The number of halogens is 2. The van der Waals surface area contributed by atoms with Gasteiger partial charge in [-0.25, -0.2) is 9.97 Å². The Bertz CT molecular complexity index is 641. The normalized spacial score (nSPS) is 10.9. The van der Waals surface area contributed by atoms with Gasteiger partial charge in [0.2, 0.25) is 0 Å². The van der Waals surface area contributed by atoms with Crippen molar-refractivity contribution in [2.75, 3.05) is 5.32 Å². The Hall–Kier alpha value is -1.13. The molecule has 2 rings (SSSR count). The molecule has 0 saturated carbocycles. The molecule has 0 atom stereocenters. The van der Waals surface area contributed by atoms with E-state index in [9.17, 15) is 0 Å². The summed E-state index contributed by atoms with van der Waals surface area (Å²) in [4.78, 5) is 8.90. The Morgan fingerprint density at radius 1 is 1.15 bits per heavy atom. The van der Waals surface area contributed by atoms with Gasteiger partial charge in [0.1, 0.15) is 16.8 Å². The molecule has 1 heterocycles. The van der Waals surface area contributed by atoms with Gasteiger partial charge in [-0.2, -0.15) is 0 Å². The van der Waals surface area contributed by atoms with Gasteiger partial charge in [-0.3, -0.25) is 0 Å². The molecular weight excluding hydrogens is 338 g/mol. The lowest BCUT2D eigenvalue weighted by molar-refractivity contribution is 0.773. The Kier molecular flexibility index (Phi) is 4.66. The van der Waals surface area contributed by atoms with Crippen molar-refractivity contribution in [2.45, 2.75) is 33.6 Å². The van der Waals surface area contributed by atoms with E-state index >= 15 is 0 Å². The molecule has 1 aromatic carbocycles. The summed E-state index contributed by atoms with van der Waals surface area (Å²) in [6.45, 7) is 8.07. The Morgan fingerprint density at radius 2 is 1.85 bits per heavy atom. The molecule has 5 heteroatoms. The van der Waals surface area contributed by atoms with Crippen LogP contribution in [0.1, 0.15) is 36.7 Å². The molecule has 20 heavy (non-hydrogen) atoms. The van der Waals surface area contributed by atoms with E-state index in [0.29, 0.717) is 5.15 Å². The summed E-state index contributed by atoms with van der Waals surface area (Å²) in [5, 5.41) is 3.85. The summed E-state index contributed by atoms with van der Waals surface area (Å²) in [5.41, 5.74) is 3.00.